The van der Waals surface area contributed by atoms with Gasteiger partial charge in [0.25, 0.3) is 0 Å². The van der Waals surface area contributed by atoms with E-state index in [0.717, 1.165) is 25.9 Å². The fourth-order valence-corrected chi connectivity index (χ4v) is 3.21. The quantitative estimate of drug-likeness (QED) is 0.883. The van der Waals surface area contributed by atoms with Gasteiger partial charge >= 0.3 is 0 Å². The Hall–Kier alpha value is -1.02. The second-order valence-electron chi connectivity index (χ2n) is 5.37. The first-order valence-electron chi connectivity index (χ1n) is 7.33. The van der Waals surface area contributed by atoms with Gasteiger partial charge in [0.2, 0.25) is 0 Å². The van der Waals surface area contributed by atoms with Crippen molar-refractivity contribution in [3.63, 3.8) is 0 Å². The Balaban J connectivity index is 2.43. The van der Waals surface area contributed by atoms with Crippen molar-refractivity contribution in [1.82, 2.24) is 0 Å². The molecule has 2 N–H and O–H groups in total. The molecule has 2 nitrogen and oxygen atoms in total. The maximum atomic E-state index is 6.13. The minimum absolute atomic E-state index is 0.139. The largest absolute Gasteiger partial charge is 0.364 e. The maximum absolute atomic E-state index is 6.13. The fraction of sp³-hybridized carbons (Fsp3) is 0.625. The summed E-state index contributed by atoms with van der Waals surface area (Å²) >= 11 is 0. The van der Waals surface area contributed by atoms with Crippen molar-refractivity contribution in [2.24, 2.45) is 5.73 Å². The van der Waals surface area contributed by atoms with Gasteiger partial charge in [0.05, 0.1) is 5.54 Å². The van der Waals surface area contributed by atoms with Gasteiger partial charge in [-0.05, 0) is 43.7 Å². The number of benzene rings is 1. The summed E-state index contributed by atoms with van der Waals surface area (Å²) in [6.45, 7) is 6.43. The highest BCUT2D eigenvalue weighted by Crippen LogP contribution is 2.34. The Labute approximate surface area is 111 Å². The van der Waals surface area contributed by atoms with Gasteiger partial charge in [0.15, 0.2) is 0 Å². The molecule has 1 aliphatic heterocycles. The standard InChI is InChI=1S/C16H26N2/c1-3-16(4-2,13-17)18-12-8-7-10-14-9-5-6-11-15(14)18/h5-6,9,11H,3-4,7-8,10,12-13,17H2,1-2H3. The lowest BCUT2D eigenvalue weighted by Gasteiger charge is -2.44. The molecule has 0 fully saturated rings. The molecule has 0 saturated heterocycles. The molecule has 0 aliphatic carbocycles. The lowest BCUT2D eigenvalue weighted by Crippen LogP contribution is -2.54. The summed E-state index contributed by atoms with van der Waals surface area (Å²) in [5, 5.41) is 0. The molecule has 0 spiro atoms. The van der Waals surface area contributed by atoms with E-state index in [1.54, 1.807) is 0 Å². The van der Waals surface area contributed by atoms with Crippen LogP contribution >= 0.6 is 0 Å². The van der Waals surface area contributed by atoms with Crippen molar-refractivity contribution in [2.75, 3.05) is 18.0 Å². The highest BCUT2D eigenvalue weighted by molar-refractivity contribution is 5.56. The van der Waals surface area contributed by atoms with E-state index in [1.165, 1.54) is 30.5 Å². The van der Waals surface area contributed by atoms with Crippen molar-refractivity contribution >= 4 is 5.69 Å². The molecule has 1 aliphatic rings. The second-order valence-corrected chi connectivity index (χ2v) is 5.37. The summed E-state index contributed by atoms with van der Waals surface area (Å²) in [6.07, 6.45) is 6.02. The average molecular weight is 246 g/mol. The molecule has 18 heavy (non-hydrogen) atoms. The van der Waals surface area contributed by atoms with Crippen LogP contribution in [0, 0.1) is 0 Å². The number of anilines is 1. The molecule has 2 heteroatoms. The van der Waals surface area contributed by atoms with Crippen LogP contribution in [0.2, 0.25) is 0 Å². The Morgan fingerprint density at radius 2 is 1.89 bits per heavy atom. The van der Waals surface area contributed by atoms with Gasteiger partial charge in [0.1, 0.15) is 0 Å². The number of nitrogens with zero attached hydrogens (tertiary/aromatic N) is 1. The highest BCUT2D eigenvalue weighted by Gasteiger charge is 2.33. The van der Waals surface area contributed by atoms with E-state index in [9.17, 15) is 0 Å². The van der Waals surface area contributed by atoms with Crippen molar-refractivity contribution in [1.29, 1.82) is 0 Å². The van der Waals surface area contributed by atoms with E-state index in [1.807, 2.05) is 0 Å². The van der Waals surface area contributed by atoms with Crippen LogP contribution in [0.1, 0.15) is 45.1 Å². The van der Waals surface area contributed by atoms with E-state index in [4.69, 9.17) is 5.73 Å². The van der Waals surface area contributed by atoms with Gasteiger partial charge < -0.3 is 10.6 Å². The van der Waals surface area contributed by atoms with Crippen LogP contribution in [0.3, 0.4) is 0 Å². The Bertz CT molecular complexity index is 374. The number of rotatable bonds is 4. The molecule has 0 saturated carbocycles. The molecule has 2 rings (SSSR count). The van der Waals surface area contributed by atoms with Crippen molar-refractivity contribution < 1.29 is 0 Å². The average Bonchev–Trinajstić information content (AvgIpc) is 2.65. The zero-order valence-electron chi connectivity index (χ0n) is 11.8. The third kappa shape index (κ3) is 2.26. The molecule has 1 aromatic carbocycles. The van der Waals surface area contributed by atoms with Crippen LogP contribution in [0.15, 0.2) is 24.3 Å². The molecule has 0 radical (unpaired) electrons. The SMILES string of the molecule is CCC(CC)(CN)N1CCCCc2ccccc21. The van der Waals surface area contributed by atoms with Crippen LogP contribution in [0.4, 0.5) is 5.69 Å². The maximum Gasteiger partial charge on any atom is 0.0519 e. The lowest BCUT2D eigenvalue weighted by atomic mass is 9.89. The van der Waals surface area contributed by atoms with Gasteiger partial charge in [0, 0.05) is 18.8 Å². The van der Waals surface area contributed by atoms with E-state index in [-0.39, 0.29) is 5.54 Å². The number of hydrogen-bond donors (Lipinski definition) is 1. The van der Waals surface area contributed by atoms with Crippen molar-refractivity contribution in [3.05, 3.63) is 29.8 Å². The lowest BCUT2D eigenvalue weighted by molar-refractivity contribution is 0.366. The second kappa shape index (κ2) is 5.75. The van der Waals surface area contributed by atoms with Gasteiger partial charge in [-0.25, -0.2) is 0 Å². The van der Waals surface area contributed by atoms with Gasteiger partial charge in [-0.1, -0.05) is 32.0 Å². The molecular formula is C16H26N2. The zero-order valence-corrected chi connectivity index (χ0v) is 11.8. The molecule has 1 aromatic rings. The van der Waals surface area contributed by atoms with Gasteiger partial charge in [-0.2, -0.15) is 0 Å². The first-order valence-corrected chi connectivity index (χ1v) is 7.33. The molecule has 100 valence electrons. The predicted octanol–water partition coefficient (Wildman–Crippen LogP) is 3.35. The molecule has 0 aromatic heterocycles. The molecule has 0 atom stereocenters. The number of aryl methyl sites for hydroxylation is 1. The highest BCUT2D eigenvalue weighted by atomic mass is 15.2. The number of hydrogen-bond acceptors (Lipinski definition) is 2. The third-order valence-electron chi connectivity index (χ3n) is 4.63. The van der Waals surface area contributed by atoms with Crippen LogP contribution < -0.4 is 10.6 Å². The van der Waals surface area contributed by atoms with E-state index >= 15 is 0 Å². The topological polar surface area (TPSA) is 29.3 Å². The Morgan fingerprint density at radius 3 is 2.56 bits per heavy atom. The van der Waals surface area contributed by atoms with Gasteiger partial charge in [-0.3, -0.25) is 0 Å². The normalized spacial score (nSPS) is 16.3. The predicted molar refractivity (Wildman–Crippen MR) is 79.1 cm³/mol. The smallest absolute Gasteiger partial charge is 0.0519 e. The molecule has 1 heterocycles. The van der Waals surface area contributed by atoms with Crippen molar-refractivity contribution in [3.8, 4) is 0 Å². The minimum Gasteiger partial charge on any atom is -0.364 e. The summed E-state index contributed by atoms with van der Waals surface area (Å²) in [5.74, 6) is 0. The number of nitrogens with two attached hydrogens (primary N) is 1. The Morgan fingerprint density at radius 1 is 1.17 bits per heavy atom. The molecule has 0 unspecified atom stereocenters. The van der Waals surface area contributed by atoms with Crippen LogP contribution in [-0.2, 0) is 6.42 Å². The first kappa shape index (κ1) is 13.4. The van der Waals surface area contributed by atoms with E-state index < -0.39 is 0 Å². The molecule has 0 bridgehead atoms. The van der Waals surface area contributed by atoms with Gasteiger partial charge in [-0.15, -0.1) is 0 Å². The number of fused-ring (bicyclic) bond motifs is 1. The Kier molecular flexibility index (Phi) is 4.28. The van der Waals surface area contributed by atoms with E-state index in [2.05, 4.69) is 43.0 Å². The monoisotopic (exact) mass is 246 g/mol. The van der Waals surface area contributed by atoms with E-state index in [0.29, 0.717) is 0 Å². The summed E-state index contributed by atoms with van der Waals surface area (Å²) in [4.78, 5) is 2.59. The molecular weight excluding hydrogens is 220 g/mol. The van der Waals surface area contributed by atoms with Crippen LogP contribution in [0.5, 0.6) is 0 Å². The summed E-state index contributed by atoms with van der Waals surface area (Å²) in [5.41, 5.74) is 9.18. The zero-order chi connectivity index (χ0) is 13.0. The third-order valence-corrected chi connectivity index (χ3v) is 4.63. The first-order chi connectivity index (χ1) is 8.77. The molecule has 0 amide bonds. The summed E-state index contributed by atoms with van der Waals surface area (Å²) < 4.78 is 0. The summed E-state index contributed by atoms with van der Waals surface area (Å²) in [7, 11) is 0. The summed E-state index contributed by atoms with van der Waals surface area (Å²) in [6, 6.07) is 8.87. The fourth-order valence-electron chi connectivity index (χ4n) is 3.21. The van der Waals surface area contributed by atoms with Crippen molar-refractivity contribution in [2.45, 2.75) is 51.5 Å². The minimum atomic E-state index is 0.139. The van der Waals surface area contributed by atoms with Crippen LogP contribution in [-0.4, -0.2) is 18.6 Å². The van der Waals surface area contributed by atoms with Crippen LogP contribution in [0.25, 0.3) is 0 Å². The number of para-hydroxylation sites is 1.